The van der Waals surface area contributed by atoms with Crippen molar-refractivity contribution >= 4 is 17.7 Å². The predicted molar refractivity (Wildman–Crippen MR) is 98.4 cm³/mol. The maximum absolute atomic E-state index is 13.0. The number of nitrogens with zero attached hydrogens (tertiary/aromatic N) is 2. The number of hydrogen-bond acceptors (Lipinski definition) is 3. The van der Waals surface area contributed by atoms with E-state index in [9.17, 15) is 18.8 Å². The van der Waals surface area contributed by atoms with Crippen LogP contribution in [-0.4, -0.2) is 59.2 Å². The summed E-state index contributed by atoms with van der Waals surface area (Å²) in [4.78, 5) is 40.5. The van der Waals surface area contributed by atoms with Gasteiger partial charge in [0.2, 0.25) is 11.8 Å². The van der Waals surface area contributed by atoms with Crippen molar-refractivity contribution in [2.75, 3.05) is 19.6 Å². The molecular weight excluding hydrogens is 349 g/mol. The third-order valence-corrected chi connectivity index (χ3v) is 5.38. The molecule has 27 heavy (non-hydrogen) atoms. The van der Waals surface area contributed by atoms with Crippen LogP contribution in [0.3, 0.4) is 0 Å². The molecule has 0 aromatic heterocycles. The van der Waals surface area contributed by atoms with Crippen molar-refractivity contribution in [3.63, 3.8) is 0 Å². The average Bonchev–Trinajstić information content (AvgIpc) is 3.04. The summed E-state index contributed by atoms with van der Waals surface area (Å²) in [6, 6.07) is 5.55. The molecule has 2 fully saturated rings. The lowest BCUT2D eigenvalue weighted by atomic mass is 10.0. The number of piperidine rings is 1. The number of hydrogen-bond donors (Lipinski definition) is 1. The maximum atomic E-state index is 13.0. The summed E-state index contributed by atoms with van der Waals surface area (Å²) in [6.45, 7) is 5.55. The summed E-state index contributed by atoms with van der Waals surface area (Å²) in [5.41, 5.74) is 0.424. The SMILES string of the molecule is CC(C)N1CC(C(=O)N2CCC(NC(=O)c3ccc(F)cc3)CC2)CC1=O. The van der Waals surface area contributed by atoms with E-state index in [1.54, 1.807) is 4.90 Å². The molecule has 3 amide bonds. The van der Waals surface area contributed by atoms with Gasteiger partial charge in [-0.15, -0.1) is 0 Å². The lowest BCUT2D eigenvalue weighted by molar-refractivity contribution is -0.136. The van der Waals surface area contributed by atoms with E-state index in [1.807, 2.05) is 18.7 Å². The van der Waals surface area contributed by atoms with E-state index in [4.69, 9.17) is 0 Å². The standard InChI is InChI=1S/C20H26FN3O3/c1-13(2)24-12-15(11-18(24)25)20(27)23-9-7-17(8-10-23)22-19(26)14-3-5-16(21)6-4-14/h3-6,13,15,17H,7-12H2,1-2H3,(H,22,26). The van der Waals surface area contributed by atoms with E-state index in [0.29, 0.717) is 38.0 Å². The van der Waals surface area contributed by atoms with Crippen molar-refractivity contribution in [3.8, 4) is 0 Å². The maximum Gasteiger partial charge on any atom is 0.251 e. The first-order chi connectivity index (χ1) is 12.8. The zero-order valence-corrected chi connectivity index (χ0v) is 15.8. The van der Waals surface area contributed by atoms with E-state index in [-0.39, 0.29) is 48.0 Å². The summed E-state index contributed by atoms with van der Waals surface area (Å²) < 4.78 is 13.0. The van der Waals surface area contributed by atoms with E-state index in [2.05, 4.69) is 5.32 Å². The first kappa shape index (κ1) is 19.3. The van der Waals surface area contributed by atoms with Gasteiger partial charge in [0.05, 0.1) is 5.92 Å². The lowest BCUT2D eigenvalue weighted by Crippen LogP contribution is -2.48. The Bertz CT molecular complexity index is 712. The third kappa shape index (κ3) is 4.46. The Balaban J connectivity index is 1.49. The normalized spacial score (nSPS) is 21.0. The van der Waals surface area contributed by atoms with Gasteiger partial charge < -0.3 is 15.1 Å². The Morgan fingerprint density at radius 3 is 2.33 bits per heavy atom. The fourth-order valence-corrected chi connectivity index (χ4v) is 3.77. The van der Waals surface area contributed by atoms with Crippen molar-refractivity contribution in [1.29, 1.82) is 0 Å². The van der Waals surface area contributed by atoms with Crippen molar-refractivity contribution in [2.24, 2.45) is 5.92 Å². The van der Waals surface area contributed by atoms with Crippen molar-refractivity contribution in [1.82, 2.24) is 15.1 Å². The lowest BCUT2D eigenvalue weighted by Gasteiger charge is -2.34. The van der Waals surface area contributed by atoms with Gasteiger partial charge in [0.25, 0.3) is 5.91 Å². The number of halogens is 1. The number of carbonyl (C=O) groups excluding carboxylic acids is 3. The van der Waals surface area contributed by atoms with Gasteiger partial charge in [-0.05, 0) is 51.0 Å². The number of carbonyl (C=O) groups is 3. The molecule has 0 radical (unpaired) electrons. The Labute approximate surface area is 158 Å². The van der Waals surface area contributed by atoms with Gasteiger partial charge in [0, 0.05) is 43.7 Å². The first-order valence-electron chi connectivity index (χ1n) is 9.50. The number of rotatable bonds is 4. The molecule has 0 spiro atoms. The Morgan fingerprint density at radius 1 is 1.15 bits per heavy atom. The third-order valence-electron chi connectivity index (χ3n) is 5.38. The monoisotopic (exact) mass is 375 g/mol. The molecule has 3 rings (SSSR count). The molecule has 1 aromatic carbocycles. The fourth-order valence-electron chi connectivity index (χ4n) is 3.77. The molecule has 7 heteroatoms. The second-order valence-corrected chi connectivity index (χ2v) is 7.62. The molecule has 146 valence electrons. The highest BCUT2D eigenvalue weighted by Gasteiger charge is 2.38. The molecule has 1 atom stereocenters. The summed E-state index contributed by atoms with van der Waals surface area (Å²) >= 11 is 0. The van der Waals surface area contributed by atoms with Crippen molar-refractivity contribution in [3.05, 3.63) is 35.6 Å². The van der Waals surface area contributed by atoms with Gasteiger partial charge in [0.1, 0.15) is 5.82 Å². The summed E-state index contributed by atoms with van der Waals surface area (Å²) in [7, 11) is 0. The largest absolute Gasteiger partial charge is 0.349 e. The van der Waals surface area contributed by atoms with Gasteiger partial charge in [-0.1, -0.05) is 0 Å². The topological polar surface area (TPSA) is 69.7 Å². The van der Waals surface area contributed by atoms with Gasteiger partial charge in [0.15, 0.2) is 0 Å². The van der Waals surface area contributed by atoms with Crippen LogP contribution in [0.15, 0.2) is 24.3 Å². The second-order valence-electron chi connectivity index (χ2n) is 7.62. The van der Waals surface area contributed by atoms with Crippen LogP contribution in [0.1, 0.15) is 43.5 Å². The molecule has 0 aliphatic carbocycles. The van der Waals surface area contributed by atoms with Gasteiger partial charge in [-0.3, -0.25) is 14.4 Å². The molecular formula is C20H26FN3O3. The summed E-state index contributed by atoms with van der Waals surface area (Å²) in [6.07, 6.45) is 1.64. The van der Waals surface area contributed by atoms with Gasteiger partial charge in [-0.2, -0.15) is 0 Å². The highest BCUT2D eigenvalue weighted by Crippen LogP contribution is 2.24. The summed E-state index contributed by atoms with van der Waals surface area (Å²) in [5.74, 6) is -0.779. The molecule has 2 heterocycles. The molecule has 1 aromatic rings. The molecule has 0 saturated carbocycles. The van der Waals surface area contributed by atoms with E-state index in [0.717, 1.165) is 0 Å². The highest BCUT2D eigenvalue weighted by molar-refractivity contribution is 5.94. The molecule has 0 bridgehead atoms. The van der Waals surface area contributed by atoms with Crippen LogP contribution in [-0.2, 0) is 9.59 Å². The van der Waals surface area contributed by atoms with Crippen LogP contribution in [0.4, 0.5) is 4.39 Å². The number of benzene rings is 1. The van der Waals surface area contributed by atoms with E-state index in [1.165, 1.54) is 24.3 Å². The minimum absolute atomic E-state index is 0.0102. The minimum atomic E-state index is -0.375. The number of likely N-dealkylation sites (tertiary alicyclic amines) is 2. The Kier molecular flexibility index (Phi) is 5.77. The van der Waals surface area contributed by atoms with E-state index >= 15 is 0 Å². The number of amides is 3. The smallest absolute Gasteiger partial charge is 0.251 e. The highest BCUT2D eigenvalue weighted by atomic mass is 19.1. The molecule has 1 N–H and O–H groups in total. The minimum Gasteiger partial charge on any atom is -0.349 e. The summed E-state index contributed by atoms with van der Waals surface area (Å²) in [5, 5.41) is 2.95. The van der Waals surface area contributed by atoms with Gasteiger partial charge in [-0.25, -0.2) is 4.39 Å². The average molecular weight is 375 g/mol. The van der Waals surface area contributed by atoms with E-state index < -0.39 is 0 Å². The predicted octanol–water partition coefficient (Wildman–Crippen LogP) is 1.80. The first-order valence-corrected chi connectivity index (χ1v) is 9.50. The van der Waals surface area contributed by atoms with Crippen LogP contribution in [0.25, 0.3) is 0 Å². The van der Waals surface area contributed by atoms with Gasteiger partial charge >= 0.3 is 0 Å². The van der Waals surface area contributed by atoms with Crippen molar-refractivity contribution < 1.29 is 18.8 Å². The Hall–Kier alpha value is -2.44. The van der Waals surface area contributed by atoms with Crippen LogP contribution in [0.5, 0.6) is 0 Å². The number of nitrogens with one attached hydrogen (secondary N) is 1. The molecule has 1 unspecified atom stereocenters. The quantitative estimate of drug-likeness (QED) is 0.873. The second kappa shape index (κ2) is 8.06. The molecule has 6 nitrogen and oxygen atoms in total. The van der Waals surface area contributed by atoms with Crippen LogP contribution >= 0.6 is 0 Å². The molecule has 2 saturated heterocycles. The van der Waals surface area contributed by atoms with Crippen LogP contribution in [0.2, 0.25) is 0 Å². The van der Waals surface area contributed by atoms with Crippen LogP contribution in [0, 0.1) is 11.7 Å². The zero-order chi connectivity index (χ0) is 19.6. The fraction of sp³-hybridized carbons (Fsp3) is 0.550. The molecule has 2 aliphatic rings. The van der Waals surface area contributed by atoms with Crippen LogP contribution < -0.4 is 5.32 Å². The van der Waals surface area contributed by atoms with Crippen molar-refractivity contribution in [2.45, 2.75) is 45.2 Å². The Morgan fingerprint density at radius 2 is 1.78 bits per heavy atom. The molecule has 2 aliphatic heterocycles. The zero-order valence-electron chi connectivity index (χ0n) is 15.8.